The summed E-state index contributed by atoms with van der Waals surface area (Å²) in [5.74, 6) is -1.72. The van der Waals surface area contributed by atoms with E-state index in [1.165, 1.54) is 6.92 Å². The molecule has 1 saturated heterocycles. The van der Waals surface area contributed by atoms with E-state index in [0.29, 0.717) is 16.9 Å². The number of para-hydroxylation sites is 1. The number of nitrogens with one attached hydrogen (secondary N) is 1. The molecule has 1 aliphatic heterocycles. The molecule has 3 rings (SSSR count). The number of thiocarbonyl (C=S) groups is 1. The number of benzene rings is 2. The van der Waals surface area contributed by atoms with Gasteiger partial charge in [-0.25, -0.2) is 4.79 Å². The number of amides is 2. The number of hydrogen-bond donors (Lipinski definition) is 2. The molecular weight excluding hydrogens is 460 g/mol. The number of carboxylic acid groups (broad SMARTS) is 1. The minimum Gasteiger partial charge on any atom is -0.479 e. The number of aliphatic carboxylic acids is 1. The quantitative estimate of drug-likeness (QED) is 0.464. The largest absolute Gasteiger partial charge is 0.479 e. The first-order valence-corrected chi connectivity index (χ1v) is 11.4. The van der Waals surface area contributed by atoms with Gasteiger partial charge in [0.1, 0.15) is 5.75 Å². The van der Waals surface area contributed by atoms with E-state index in [-0.39, 0.29) is 14.6 Å². The first-order chi connectivity index (χ1) is 15.5. The van der Waals surface area contributed by atoms with Crippen LogP contribution in [0.25, 0.3) is 6.08 Å². The van der Waals surface area contributed by atoms with E-state index in [0.717, 1.165) is 22.3 Å². The molecule has 0 radical (unpaired) electrons. The van der Waals surface area contributed by atoms with Crippen molar-refractivity contribution in [2.45, 2.75) is 39.2 Å². The van der Waals surface area contributed by atoms with Crippen molar-refractivity contribution in [1.82, 2.24) is 10.4 Å². The molecule has 1 atom stereocenters. The van der Waals surface area contributed by atoms with Gasteiger partial charge in [0.2, 0.25) is 0 Å². The number of hydrazine groups is 1. The standard InChI is InChI=1S/C24H24N2O5S2/c1-14(22(29)30)31-18-8-6-5-7-16(18)13-19-21(28)26(23(32)33-19)25-20(27)15-9-11-17(12-10-15)24(2,3)4/h5-14H,1-4H3,(H,25,27)(H,29,30)/b19-13+. The number of carbonyl (C=O) groups is 3. The number of carboxylic acids is 1. The lowest BCUT2D eigenvalue weighted by atomic mass is 9.87. The SMILES string of the molecule is CC(Oc1ccccc1/C=C1/SC(=S)N(NC(=O)c2ccc(C(C)(C)C)cc2)C1=O)C(=O)O. The van der Waals surface area contributed by atoms with Gasteiger partial charge in [0.05, 0.1) is 4.91 Å². The van der Waals surface area contributed by atoms with Gasteiger partial charge in [0, 0.05) is 11.1 Å². The fourth-order valence-corrected chi connectivity index (χ4v) is 4.11. The predicted molar refractivity (Wildman–Crippen MR) is 132 cm³/mol. The van der Waals surface area contributed by atoms with Crippen LogP contribution in [0.1, 0.15) is 49.2 Å². The van der Waals surface area contributed by atoms with E-state index in [4.69, 9.17) is 22.1 Å². The molecule has 9 heteroatoms. The van der Waals surface area contributed by atoms with Crippen molar-refractivity contribution in [3.8, 4) is 5.75 Å². The lowest BCUT2D eigenvalue weighted by molar-refractivity contribution is -0.144. The number of ether oxygens (including phenoxy) is 1. The Morgan fingerprint density at radius 1 is 1.15 bits per heavy atom. The lowest BCUT2D eigenvalue weighted by Crippen LogP contribution is -2.44. The summed E-state index contributed by atoms with van der Waals surface area (Å²) in [6, 6.07) is 14.0. The maximum Gasteiger partial charge on any atom is 0.344 e. The van der Waals surface area contributed by atoms with Crippen molar-refractivity contribution < 1.29 is 24.2 Å². The van der Waals surface area contributed by atoms with Crippen LogP contribution in [0.3, 0.4) is 0 Å². The highest BCUT2D eigenvalue weighted by Gasteiger charge is 2.34. The van der Waals surface area contributed by atoms with Gasteiger partial charge in [-0.3, -0.25) is 15.0 Å². The number of thioether (sulfide) groups is 1. The van der Waals surface area contributed by atoms with Crippen LogP contribution in [-0.2, 0) is 15.0 Å². The third-order valence-electron chi connectivity index (χ3n) is 4.88. The summed E-state index contributed by atoms with van der Waals surface area (Å²) in [5, 5.41) is 10.1. The van der Waals surface area contributed by atoms with Crippen LogP contribution in [0.4, 0.5) is 0 Å². The number of nitrogens with zero attached hydrogens (tertiary/aromatic N) is 1. The summed E-state index contributed by atoms with van der Waals surface area (Å²) in [6.45, 7) is 7.67. The van der Waals surface area contributed by atoms with E-state index in [2.05, 4.69) is 26.2 Å². The summed E-state index contributed by atoms with van der Waals surface area (Å²) in [6.07, 6.45) is 0.506. The van der Waals surface area contributed by atoms with E-state index in [9.17, 15) is 14.4 Å². The molecule has 0 aromatic heterocycles. The predicted octanol–water partition coefficient (Wildman–Crippen LogP) is 4.38. The molecule has 0 saturated carbocycles. The van der Waals surface area contributed by atoms with Crippen LogP contribution in [0, 0.1) is 0 Å². The molecule has 0 bridgehead atoms. The van der Waals surface area contributed by atoms with Crippen molar-refractivity contribution in [3.05, 3.63) is 70.1 Å². The monoisotopic (exact) mass is 484 g/mol. The molecule has 1 fully saturated rings. The van der Waals surface area contributed by atoms with E-state index in [1.807, 2.05) is 12.1 Å². The molecule has 1 aliphatic rings. The summed E-state index contributed by atoms with van der Waals surface area (Å²) in [7, 11) is 0. The summed E-state index contributed by atoms with van der Waals surface area (Å²) >= 11 is 6.33. The highest BCUT2D eigenvalue weighted by atomic mass is 32.2. The maximum absolute atomic E-state index is 12.9. The van der Waals surface area contributed by atoms with Crippen LogP contribution >= 0.6 is 24.0 Å². The second-order valence-electron chi connectivity index (χ2n) is 8.42. The molecule has 1 heterocycles. The van der Waals surface area contributed by atoms with Gasteiger partial charge in [-0.1, -0.05) is 62.9 Å². The molecule has 172 valence electrons. The molecule has 1 unspecified atom stereocenters. The van der Waals surface area contributed by atoms with Crippen LogP contribution in [-0.4, -0.2) is 38.3 Å². The summed E-state index contributed by atoms with van der Waals surface area (Å²) < 4.78 is 5.66. The Morgan fingerprint density at radius 3 is 2.39 bits per heavy atom. The lowest BCUT2D eigenvalue weighted by Gasteiger charge is -2.19. The zero-order valence-corrected chi connectivity index (χ0v) is 20.3. The van der Waals surface area contributed by atoms with E-state index in [1.54, 1.807) is 42.5 Å². The summed E-state index contributed by atoms with van der Waals surface area (Å²) in [5.41, 5.74) is 4.54. The third kappa shape index (κ3) is 5.80. The first kappa shape index (κ1) is 24.5. The Bertz CT molecular complexity index is 1140. The van der Waals surface area contributed by atoms with Gasteiger partial charge >= 0.3 is 5.97 Å². The van der Waals surface area contributed by atoms with E-state index >= 15 is 0 Å². The number of carbonyl (C=O) groups excluding carboxylic acids is 2. The summed E-state index contributed by atoms with van der Waals surface area (Å²) in [4.78, 5) is 37.0. The van der Waals surface area contributed by atoms with Gasteiger partial charge in [0.25, 0.3) is 11.8 Å². The third-order valence-corrected chi connectivity index (χ3v) is 6.18. The Hall–Kier alpha value is -3.17. The minimum absolute atomic E-state index is 0.0416. The van der Waals surface area contributed by atoms with Gasteiger partial charge in [-0.2, -0.15) is 5.01 Å². The van der Waals surface area contributed by atoms with Crippen molar-refractivity contribution >= 4 is 52.2 Å². The zero-order chi connectivity index (χ0) is 24.3. The molecule has 2 aromatic carbocycles. The molecule has 0 spiro atoms. The van der Waals surface area contributed by atoms with Gasteiger partial charge in [-0.05, 0) is 54.4 Å². The van der Waals surface area contributed by atoms with Gasteiger partial charge in [-0.15, -0.1) is 0 Å². The van der Waals surface area contributed by atoms with Crippen molar-refractivity contribution in [2.75, 3.05) is 0 Å². The van der Waals surface area contributed by atoms with Crippen LogP contribution in [0.15, 0.2) is 53.4 Å². The van der Waals surface area contributed by atoms with Crippen molar-refractivity contribution in [2.24, 2.45) is 0 Å². The topological polar surface area (TPSA) is 95.9 Å². The smallest absolute Gasteiger partial charge is 0.344 e. The maximum atomic E-state index is 12.9. The molecule has 2 aromatic rings. The Labute approximate surface area is 201 Å². The second kappa shape index (κ2) is 9.76. The zero-order valence-electron chi connectivity index (χ0n) is 18.6. The van der Waals surface area contributed by atoms with Gasteiger partial charge in [0.15, 0.2) is 10.4 Å². The molecule has 0 aliphatic carbocycles. The Morgan fingerprint density at radius 2 is 1.79 bits per heavy atom. The van der Waals surface area contributed by atoms with Crippen molar-refractivity contribution in [3.63, 3.8) is 0 Å². The molecule has 33 heavy (non-hydrogen) atoms. The fourth-order valence-electron chi connectivity index (χ4n) is 2.94. The molecule has 2 amide bonds. The molecule has 7 nitrogen and oxygen atoms in total. The van der Waals surface area contributed by atoms with Crippen LogP contribution in [0.5, 0.6) is 5.75 Å². The Kier molecular flexibility index (Phi) is 7.24. The normalized spacial score (nSPS) is 16.1. The van der Waals surface area contributed by atoms with Crippen molar-refractivity contribution in [1.29, 1.82) is 0 Å². The molecule has 2 N–H and O–H groups in total. The van der Waals surface area contributed by atoms with Gasteiger partial charge < -0.3 is 9.84 Å². The highest BCUT2D eigenvalue weighted by Crippen LogP contribution is 2.33. The molecular formula is C24H24N2O5S2. The average molecular weight is 485 g/mol. The first-order valence-electron chi connectivity index (χ1n) is 10.2. The minimum atomic E-state index is -1.10. The number of rotatable bonds is 6. The Balaban J connectivity index is 1.77. The highest BCUT2D eigenvalue weighted by molar-refractivity contribution is 8.26. The second-order valence-corrected chi connectivity index (χ2v) is 10.1. The fraction of sp³-hybridized carbons (Fsp3) is 0.250. The van der Waals surface area contributed by atoms with Crippen LogP contribution < -0.4 is 10.2 Å². The van der Waals surface area contributed by atoms with Crippen LogP contribution in [0.2, 0.25) is 0 Å². The van der Waals surface area contributed by atoms with E-state index < -0.39 is 23.9 Å². The number of hydrogen-bond acceptors (Lipinski definition) is 6. The average Bonchev–Trinajstić information content (AvgIpc) is 3.01.